The minimum absolute atomic E-state index is 0.0419. The molecule has 0 aromatic carbocycles. The summed E-state index contributed by atoms with van der Waals surface area (Å²) in [6, 6.07) is -0.213. The first-order chi connectivity index (χ1) is 6.54. The van der Waals surface area contributed by atoms with Crippen molar-refractivity contribution in [1.82, 2.24) is 9.80 Å². The van der Waals surface area contributed by atoms with Crippen LogP contribution in [0.15, 0.2) is 12.7 Å². The van der Waals surface area contributed by atoms with Crippen LogP contribution in [0.25, 0.3) is 0 Å². The maximum Gasteiger partial charge on any atom is 0.239 e. The quantitative estimate of drug-likeness (QED) is 0.611. The zero-order chi connectivity index (χ0) is 11.1. The van der Waals surface area contributed by atoms with E-state index in [0.29, 0.717) is 13.1 Å². The van der Waals surface area contributed by atoms with Crippen molar-refractivity contribution in [2.45, 2.75) is 13.0 Å². The Balaban J connectivity index is 4.33. The van der Waals surface area contributed by atoms with E-state index in [9.17, 15) is 4.79 Å². The van der Waals surface area contributed by atoms with Crippen molar-refractivity contribution in [3.05, 3.63) is 12.7 Å². The SMILES string of the molecule is C=CCN(CCO)C(C)C(=O)N(C)C. The molecule has 14 heavy (non-hydrogen) atoms. The van der Waals surface area contributed by atoms with E-state index in [1.807, 2.05) is 11.8 Å². The summed E-state index contributed by atoms with van der Waals surface area (Å²) in [5, 5.41) is 8.83. The number of likely N-dealkylation sites (N-methyl/N-ethyl adjacent to an activating group) is 1. The highest BCUT2D eigenvalue weighted by Crippen LogP contribution is 2.01. The molecule has 0 bridgehead atoms. The van der Waals surface area contributed by atoms with Crippen LogP contribution in [0.2, 0.25) is 0 Å². The van der Waals surface area contributed by atoms with Gasteiger partial charge in [-0.05, 0) is 6.92 Å². The van der Waals surface area contributed by atoms with Crippen molar-refractivity contribution in [1.29, 1.82) is 0 Å². The van der Waals surface area contributed by atoms with Gasteiger partial charge in [-0.15, -0.1) is 6.58 Å². The first-order valence-corrected chi connectivity index (χ1v) is 4.71. The van der Waals surface area contributed by atoms with Crippen LogP contribution in [-0.2, 0) is 4.79 Å². The molecule has 0 radical (unpaired) electrons. The highest BCUT2D eigenvalue weighted by molar-refractivity contribution is 5.80. The summed E-state index contributed by atoms with van der Waals surface area (Å²) in [7, 11) is 3.45. The standard InChI is InChI=1S/C10H20N2O2/c1-5-6-12(7-8-13)9(2)10(14)11(3)4/h5,9,13H,1,6-8H2,2-4H3. The van der Waals surface area contributed by atoms with Crippen LogP contribution in [0.4, 0.5) is 0 Å². The first kappa shape index (κ1) is 13.1. The molecule has 1 amide bonds. The lowest BCUT2D eigenvalue weighted by atomic mass is 10.2. The van der Waals surface area contributed by atoms with Crippen LogP contribution in [-0.4, -0.2) is 60.6 Å². The highest BCUT2D eigenvalue weighted by Gasteiger charge is 2.20. The Morgan fingerprint density at radius 2 is 2.14 bits per heavy atom. The second-order valence-electron chi connectivity index (χ2n) is 3.42. The van der Waals surface area contributed by atoms with E-state index >= 15 is 0 Å². The summed E-state index contributed by atoms with van der Waals surface area (Å²) < 4.78 is 0. The van der Waals surface area contributed by atoms with Crippen LogP contribution in [0.1, 0.15) is 6.92 Å². The molecular formula is C10H20N2O2. The minimum Gasteiger partial charge on any atom is -0.395 e. The predicted molar refractivity (Wildman–Crippen MR) is 57.0 cm³/mol. The molecule has 0 aromatic heterocycles. The molecule has 1 atom stereocenters. The Morgan fingerprint density at radius 1 is 1.57 bits per heavy atom. The zero-order valence-corrected chi connectivity index (χ0v) is 9.23. The molecule has 0 saturated heterocycles. The van der Waals surface area contributed by atoms with Gasteiger partial charge in [0.2, 0.25) is 5.91 Å². The topological polar surface area (TPSA) is 43.8 Å². The van der Waals surface area contributed by atoms with Crippen LogP contribution in [0.5, 0.6) is 0 Å². The van der Waals surface area contributed by atoms with Gasteiger partial charge in [0.25, 0.3) is 0 Å². The molecule has 1 N–H and O–H groups in total. The molecule has 0 saturated carbocycles. The van der Waals surface area contributed by atoms with Crippen molar-refractivity contribution in [2.75, 3.05) is 33.8 Å². The highest BCUT2D eigenvalue weighted by atomic mass is 16.3. The Kier molecular flexibility index (Phi) is 6.16. The Bertz CT molecular complexity index is 193. The van der Waals surface area contributed by atoms with E-state index in [4.69, 9.17) is 5.11 Å². The van der Waals surface area contributed by atoms with Crippen molar-refractivity contribution in [3.63, 3.8) is 0 Å². The molecule has 0 aliphatic heterocycles. The normalized spacial score (nSPS) is 12.6. The number of aliphatic hydroxyl groups is 1. The minimum atomic E-state index is -0.213. The molecule has 1 unspecified atom stereocenters. The fraction of sp³-hybridized carbons (Fsp3) is 0.700. The van der Waals surface area contributed by atoms with Gasteiger partial charge in [0, 0.05) is 27.2 Å². The predicted octanol–water partition coefficient (Wildman–Crippen LogP) is -0.0566. The van der Waals surface area contributed by atoms with Crippen LogP contribution < -0.4 is 0 Å². The smallest absolute Gasteiger partial charge is 0.239 e. The van der Waals surface area contributed by atoms with Gasteiger partial charge in [-0.2, -0.15) is 0 Å². The lowest BCUT2D eigenvalue weighted by Crippen LogP contribution is -2.45. The molecule has 0 spiro atoms. The number of carbonyl (C=O) groups excluding carboxylic acids is 1. The first-order valence-electron chi connectivity index (χ1n) is 4.71. The van der Waals surface area contributed by atoms with E-state index in [2.05, 4.69) is 6.58 Å². The Morgan fingerprint density at radius 3 is 2.50 bits per heavy atom. The number of hydrogen-bond acceptors (Lipinski definition) is 3. The van der Waals surface area contributed by atoms with E-state index in [-0.39, 0.29) is 18.6 Å². The summed E-state index contributed by atoms with van der Waals surface area (Å²) >= 11 is 0. The number of hydrogen-bond donors (Lipinski definition) is 1. The number of nitrogens with zero attached hydrogens (tertiary/aromatic N) is 2. The summed E-state index contributed by atoms with van der Waals surface area (Å²) in [6.07, 6.45) is 1.73. The third-order valence-corrected chi connectivity index (χ3v) is 2.10. The van der Waals surface area contributed by atoms with Gasteiger partial charge in [0.15, 0.2) is 0 Å². The molecular weight excluding hydrogens is 180 g/mol. The molecule has 0 fully saturated rings. The van der Waals surface area contributed by atoms with Gasteiger partial charge < -0.3 is 10.0 Å². The molecule has 0 heterocycles. The Labute approximate surface area is 85.8 Å². The fourth-order valence-corrected chi connectivity index (χ4v) is 1.27. The van der Waals surface area contributed by atoms with Gasteiger partial charge >= 0.3 is 0 Å². The number of aliphatic hydroxyl groups excluding tert-OH is 1. The lowest BCUT2D eigenvalue weighted by Gasteiger charge is -2.28. The van der Waals surface area contributed by atoms with Crippen molar-refractivity contribution in [3.8, 4) is 0 Å². The molecule has 4 heteroatoms. The lowest BCUT2D eigenvalue weighted by molar-refractivity contribution is -0.133. The van der Waals surface area contributed by atoms with E-state index < -0.39 is 0 Å². The molecule has 0 aromatic rings. The summed E-state index contributed by atoms with van der Waals surface area (Å²) in [6.45, 7) is 6.62. The maximum atomic E-state index is 11.6. The van der Waals surface area contributed by atoms with Gasteiger partial charge in [-0.25, -0.2) is 0 Å². The Hall–Kier alpha value is -0.870. The van der Waals surface area contributed by atoms with Gasteiger partial charge in [-0.1, -0.05) is 6.08 Å². The molecule has 0 aliphatic rings. The van der Waals surface area contributed by atoms with E-state index in [1.54, 1.807) is 25.1 Å². The van der Waals surface area contributed by atoms with Crippen molar-refractivity contribution >= 4 is 5.91 Å². The molecule has 4 nitrogen and oxygen atoms in total. The van der Waals surface area contributed by atoms with Gasteiger partial charge in [-0.3, -0.25) is 9.69 Å². The molecule has 0 rings (SSSR count). The molecule has 0 aliphatic carbocycles. The average Bonchev–Trinajstić information content (AvgIpc) is 2.15. The van der Waals surface area contributed by atoms with Gasteiger partial charge in [0.05, 0.1) is 12.6 Å². The second-order valence-corrected chi connectivity index (χ2v) is 3.42. The van der Waals surface area contributed by atoms with Crippen LogP contribution in [0, 0.1) is 0 Å². The summed E-state index contributed by atoms with van der Waals surface area (Å²) in [5.74, 6) is 0.0419. The van der Waals surface area contributed by atoms with E-state index in [1.165, 1.54) is 0 Å². The van der Waals surface area contributed by atoms with Crippen LogP contribution >= 0.6 is 0 Å². The van der Waals surface area contributed by atoms with E-state index in [0.717, 1.165) is 0 Å². The van der Waals surface area contributed by atoms with Crippen molar-refractivity contribution < 1.29 is 9.90 Å². The second kappa shape index (κ2) is 6.56. The zero-order valence-electron chi connectivity index (χ0n) is 9.23. The summed E-state index contributed by atoms with van der Waals surface area (Å²) in [5.41, 5.74) is 0. The average molecular weight is 200 g/mol. The summed E-state index contributed by atoms with van der Waals surface area (Å²) in [4.78, 5) is 15.0. The largest absolute Gasteiger partial charge is 0.395 e. The fourth-order valence-electron chi connectivity index (χ4n) is 1.27. The van der Waals surface area contributed by atoms with Gasteiger partial charge in [0.1, 0.15) is 0 Å². The third kappa shape index (κ3) is 3.89. The number of amides is 1. The molecule has 82 valence electrons. The number of carbonyl (C=O) groups is 1. The number of rotatable bonds is 6. The van der Waals surface area contributed by atoms with Crippen LogP contribution in [0.3, 0.4) is 0 Å². The third-order valence-electron chi connectivity index (χ3n) is 2.10. The monoisotopic (exact) mass is 200 g/mol. The van der Waals surface area contributed by atoms with Crippen molar-refractivity contribution in [2.24, 2.45) is 0 Å². The maximum absolute atomic E-state index is 11.6.